The highest BCUT2D eigenvalue weighted by Crippen LogP contribution is 2.16. The summed E-state index contributed by atoms with van der Waals surface area (Å²) < 4.78 is 5.45. The van der Waals surface area contributed by atoms with Crippen molar-refractivity contribution in [2.24, 2.45) is 0 Å². The smallest absolute Gasteiger partial charge is 0.305 e. The average Bonchev–Trinajstić information content (AvgIpc) is 3.29. The molecule has 0 aliphatic carbocycles. The van der Waals surface area contributed by atoms with Crippen molar-refractivity contribution in [1.82, 2.24) is 5.32 Å². The van der Waals surface area contributed by atoms with Gasteiger partial charge in [0.25, 0.3) is 0 Å². The lowest BCUT2D eigenvalue weighted by atomic mass is 10.0. The molecule has 0 heterocycles. The number of hydrogen-bond acceptors (Lipinski definition) is 5. The Morgan fingerprint density at radius 1 is 0.438 bits per heavy atom. The SMILES string of the molecule is CCCCCCCC/C=C\CCCCCCCCCC(=O)OCCCCC/C=C\C=C/CCCCCCCCC(=O)NC(CO)C(O)CCCCCCCCCCCCCCCCC. The van der Waals surface area contributed by atoms with Gasteiger partial charge in [0.1, 0.15) is 0 Å². The minimum absolute atomic E-state index is 0.0251. The van der Waals surface area contributed by atoms with Gasteiger partial charge >= 0.3 is 5.97 Å². The van der Waals surface area contributed by atoms with Crippen molar-refractivity contribution < 1.29 is 24.5 Å². The highest BCUT2D eigenvalue weighted by Gasteiger charge is 2.20. The van der Waals surface area contributed by atoms with Gasteiger partial charge in [0.05, 0.1) is 25.4 Å². The minimum atomic E-state index is -0.679. The van der Waals surface area contributed by atoms with Crippen LogP contribution in [0.2, 0.25) is 0 Å². The quantitative estimate of drug-likeness (QED) is 0.0245. The molecule has 64 heavy (non-hydrogen) atoms. The summed E-state index contributed by atoms with van der Waals surface area (Å²) in [6.45, 7) is 4.89. The molecule has 376 valence electrons. The normalized spacial score (nSPS) is 12.9. The first-order valence-electron chi connectivity index (χ1n) is 28.3. The second-order valence-electron chi connectivity index (χ2n) is 19.3. The van der Waals surface area contributed by atoms with Crippen molar-refractivity contribution in [3.05, 3.63) is 36.5 Å². The third-order valence-corrected chi connectivity index (χ3v) is 12.9. The van der Waals surface area contributed by atoms with Crippen molar-refractivity contribution in [3.63, 3.8) is 0 Å². The van der Waals surface area contributed by atoms with Crippen LogP contribution in [0.4, 0.5) is 0 Å². The van der Waals surface area contributed by atoms with Gasteiger partial charge in [-0.3, -0.25) is 9.59 Å². The molecule has 0 saturated heterocycles. The van der Waals surface area contributed by atoms with Gasteiger partial charge in [0, 0.05) is 12.8 Å². The maximum atomic E-state index is 12.5. The number of aliphatic hydroxyl groups excluding tert-OH is 2. The first-order chi connectivity index (χ1) is 31.5. The topological polar surface area (TPSA) is 95.9 Å². The van der Waals surface area contributed by atoms with E-state index in [4.69, 9.17) is 4.74 Å². The monoisotopic (exact) mass is 900 g/mol. The van der Waals surface area contributed by atoms with Crippen LogP contribution in [0.15, 0.2) is 36.5 Å². The van der Waals surface area contributed by atoms with E-state index in [1.165, 1.54) is 186 Å². The minimum Gasteiger partial charge on any atom is -0.466 e. The maximum absolute atomic E-state index is 12.5. The summed E-state index contributed by atoms with van der Waals surface area (Å²) in [5, 5.41) is 23.2. The van der Waals surface area contributed by atoms with E-state index in [1.54, 1.807) is 0 Å². The molecule has 0 aromatic rings. The molecule has 0 aliphatic heterocycles. The van der Waals surface area contributed by atoms with Crippen LogP contribution >= 0.6 is 0 Å². The van der Waals surface area contributed by atoms with E-state index >= 15 is 0 Å². The Balaban J connectivity index is 3.51. The number of esters is 1. The molecule has 0 bridgehead atoms. The van der Waals surface area contributed by atoms with Crippen molar-refractivity contribution >= 4 is 11.9 Å². The van der Waals surface area contributed by atoms with Gasteiger partial charge in [-0.15, -0.1) is 0 Å². The molecule has 0 spiro atoms. The van der Waals surface area contributed by atoms with Crippen LogP contribution in [0.5, 0.6) is 0 Å². The highest BCUT2D eigenvalue weighted by molar-refractivity contribution is 5.76. The van der Waals surface area contributed by atoms with E-state index in [0.29, 0.717) is 25.9 Å². The molecule has 3 N–H and O–H groups in total. The number of aliphatic hydroxyl groups is 2. The lowest BCUT2D eigenvalue weighted by Gasteiger charge is -2.22. The zero-order chi connectivity index (χ0) is 46.5. The van der Waals surface area contributed by atoms with E-state index < -0.39 is 12.1 Å². The van der Waals surface area contributed by atoms with Gasteiger partial charge in [-0.2, -0.15) is 0 Å². The predicted octanol–water partition coefficient (Wildman–Crippen LogP) is 17.2. The fourth-order valence-corrected chi connectivity index (χ4v) is 8.57. The average molecular weight is 901 g/mol. The van der Waals surface area contributed by atoms with E-state index in [9.17, 15) is 19.8 Å². The number of unbranched alkanes of at least 4 members (excludes halogenated alkanes) is 36. The van der Waals surface area contributed by atoms with Crippen LogP contribution in [0, 0.1) is 0 Å². The Labute approximate surface area is 398 Å². The number of nitrogens with one attached hydrogen (secondary N) is 1. The maximum Gasteiger partial charge on any atom is 0.305 e. The van der Waals surface area contributed by atoms with E-state index in [-0.39, 0.29) is 18.5 Å². The number of amides is 1. The number of carbonyl (C=O) groups is 2. The number of hydrogen-bond donors (Lipinski definition) is 3. The van der Waals surface area contributed by atoms with Crippen molar-refractivity contribution in [1.29, 1.82) is 0 Å². The van der Waals surface area contributed by atoms with E-state index in [1.807, 2.05) is 0 Å². The molecule has 0 aliphatic rings. The summed E-state index contributed by atoms with van der Waals surface area (Å²) in [6.07, 6.45) is 65.6. The van der Waals surface area contributed by atoms with Crippen LogP contribution in [0.25, 0.3) is 0 Å². The molecule has 0 aromatic heterocycles. The zero-order valence-electron chi connectivity index (χ0n) is 42.8. The van der Waals surface area contributed by atoms with Gasteiger partial charge < -0.3 is 20.3 Å². The summed E-state index contributed by atoms with van der Waals surface area (Å²) in [5.41, 5.74) is 0. The van der Waals surface area contributed by atoms with Gasteiger partial charge in [0.2, 0.25) is 5.91 Å². The summed E-state index contributed by atoms with van der Waals surface area (Å²) >= 11 is 0. The van der Waals surface area contributed by atoms with Gasteiger partial charge in [-0.1, -0.05) is 237 Å². The largest absolute Gasteiger partial charge is 0.466 e. The van der Waals surface area contributed by atoms with Crippen LogP contribution < -0.4 is 5.32 Å². The van der Waals surface area contributed by atoms with Gasteiger partial charge in [-0.25, -0.2) is 0 Å². The third-order valence-electron chi connectivity index (χ3n) is 12.9. The van der Waals surface area contributed by atoms with Crippen LogP contribution in [-0.4, -0.2) is 47.4 Å². The summed E-state index contributed by atoms with van der Waals surface area (Å²) in [4.78, 5) is 24.5. The van der Waals surface area contributed by atoms with Crippen molar-refractivity contribution in [3.8, 4) is 0 Å². The number of ether oxygens (including phenoxy) is 1. The lowest BCUT2D eigenvalue weighted by molar-refractivity contribution is -0.143. The van der Waals surface area contributed by atoms with Crippen LogP contribution in [0.1, 0.15) is 296 Å². The van der Waals surface area contributed by atoms with Gasteiger partial charge in [0.15, 0.2) is 0 Å². The molecular weight excluding hydrogens is 791 g/mol. The van der Waals surface area contributed by atoms with Crippen LogP contribution in [0.3, 0.4) is 0 Å². The van der Waals surface area contributed by atoms with Crippen LogP contribution in [-0.2, 0) is 14.3 Å². The zero-order valence-corrected chi connectivity index (χ0v) is 42.8. The molecule has 6 nitrogen and oxygen atoms in total. The molecule has 0 saturated carbocycles. The van der Waals surface area contributed by atoms with E-state index in [0.717, 1.165) is 77.0 Å². The number of rotatable bonds is 52. The molecule has 0 aromatic carbocycles. The second-order valence-corrected chi connectivity index (χ2v) is 19.3. The Hall–Kier alpha value is -1.92. The molecule has 6 heteroatoms. The summed E-state index contributed by atoms with van der Waals surface area (Å²) in [6, 6.07) is -0.558. The highest BCUT2D eigenvalue weighted by atomic mass is 16.5. The Morgan fingerprint density at radius 2 is 0.781 bits per heavy atom. The standard InChI is InChI=1S/C58H109NO5/c1-3-5-7-9-11-13-15-17-19-20-24-28-32-36-40-44-48-52-58(63)64-53-49-45-41-37-33-29-25-21-23-27-31-35-39-43-47-51-57(62)59-55(54-60)56(61)50-46-42-38-34-30-26-22-18-16-14-12-10-8-6-4-2/h17,19,21,25,29,33,55-56,60-61H,3-16,18,20,22-24,26-28,30-32,34-54H2,1-2H3,(H,59,62)/b19-17-,25-21-,33-29-. The molecular formula is C58H109NO5. The molecule has 1 amide bonds. The summed E-state index contributed by atoms with van der Waals surface area (Å²) in [7, 11) is 0. The molecule has 0 radical (unpaired) electrons. The second kappa shape index (κ2) is 53.7. The first kappa shape index (κ1) is 62.1. The Kier molecular flexibility index (Phi) is 52.1. The number of allylic oxidation sites excluding steroid dienone is 6. The molecule has 2 atom stereocenters. The predicted molar refractivity (Wildman–Crippen MR) is 278 cm³/mol. The Morgan fingerprint density at radius 3 is 1.20 bits per heavy atom. The number of carbonyl (C=O) groups excluding carboxylic acids is 2. The molecule has 2 unspecified atom stereocenters. The van der Waals surface area contributed by atoms with Gasteiger partial charge in [-0.05, 0) is 83.5 Å². The lowest BCUT2D eigenvalue weighted by Crippen LogP contribution is -2.45. The molecule has 0 rings (SSSR count). The fraction of sp³-hybridized carbons (Fsp3) is 0.862. The van der Waals surface area contributed by atoms with E-state index in [2.05, 4.69) is 55.6 Å². The van der Waals surface area contributed by atoms with Crippen molar-refractivity contribution in [2.75, 3.05) is 13.2 Å². The first-order valence-corrected chi connectivity index (χ1v) is 28.3. The van der Waals surface area contributed by atoms with Crippen molar-refractivity contribution in [2.45, 2.75) is 309 Å². The molecule has 0 fully saturated rings. The third kappa shape index (κ3) is 49.5. The Bertz CT molecular complexity index is 1040. The fourth-order valence-electron chi connectivity index (χ4n) is 8.57. The summed E-state index contributed by atoms with van der Waals surface area (Å²) in [5.74, 6) is -0.0822.